The molecule has 0 spiro atoms. The molecule has 4 rings (SSSR count). The molecule has 0 aliphatic carbocycles. The summed E-state index contributed by atoms with van der Waals surface area (Å²) in [6.07, 6.45) is -1.36. The fraction of sp³-hybridized carbons (Fsp3) is 0.353. The first-order chi connectivity index (χ1) is 13.1. The molecule has 0 saturated carbocycles. The Morgan fingerprint density at radius 1 is 1.15 bits per heavy atom. The van der Waals surface area contributed by atoms with Crippen LogP contribution in [0.15, 0.2) is 36.9 Å². The van der Waals surface area contributed by atoms with Gasteiger partial charge in [-0.2, -0.15) is 0 Å². The molecule has 142 valence electrons. The van der Waals surface area contributed by atoms with E-state index in [1.807, 2.05) is 24.3 Å². The van der Waals surface area contributed by atoms with Crippen LogP contribution in [0.5, 0.6) is 0 Å². The zero-order valence-corrected chi connectivity index (χ0v) is 14.3. The van der Waals surface area contributed by atoms with Crippen LogP contribution in [0.3, 0.4) is 0 Å². The van der Waals surface area contributed by atoms with Gasteiger partial charge in [-0.3, -0.25) is 4.57 Å². The molecule has 0 bridgehead atoms. The number of aromatic nitrogens is 4. The van der Waals surface area contributed by atoms with E-state index in [-0.39, 0.29) is 0 Å². The van der Waals surface area contributed by atoms with Gasteiger partial charge in [-0.15, -0.1) is 0 Å². The first-order valence-electron chi connectivity index (χ1n) is 8.47. The molecule has 0 unspecified atom stereocenters. The van der Waals surface area contributed by atoms with Crippen molar-refractivity contribution in [2.24, 2.45) is 0 Å². The molecule has 1 aliphatic heterocycles. The van der Waals surface area contributed by atoms with E-state index in [1.165, 1.54) is 17.2 Å². The number of imidazole rings is 1. The highest BCUT2D eigenvalue weighted by Gasteiger charge is 2.44. The zero-order valence-electron chi connectivity index (χ0n) is 14.3. The maximum atomic E-state index is 10.2. The number of nitrogens with two attached hydrogens (primary N) is 1. The van der Waals surface area contributed by atoms with Crippen molar-refractivity contribution < 1.29 is 20.1 Å². The Hall–Kier alpha value is -2.79. The van der Waals surface area contributed by atoms with Gasteiger partial charge < -0.3 is 31.1 Å². The van der Waals surface area contributed by atoms with Crippen LogP contribution in [-0.4, -0.2) is 59.8 Å². The second-order valence-electron chi connectivity index (χ2n) is 6.33. The molecule has 10 heteroatoms. The molecular weight excluding hydrogens is 352 g/mol. The van der Waals surface area contributed by atoms with Gasteiger partial charge in [0.2, 0.25) is 0 Å². The third-order valence-corrected chi connectivity index (χ3v) is 4.65. The number of aliphatic hydroxyl groups excluding tert-OH is 3. The van der Waals surface area contributed by atoms with Crippen LogP contribution in [0.1, 0.15) is 11.8 Å². The highest BCUT2D eigenvalue weighted by atomic mass is 16.6. The van der Waals surface area contributed by atoms with E-state index in [0.29, 0.717) is 29.2 Å². The predicted molar refractivity (Wildman–Crippen MR) is 96.5 cm³/mol. The highest BCUT2D eigenvalue weighted by Crippen LogP contribution is 2.32. The third kappa shape index (κ3) is 3.08. The molecular formula is C17H20N6O4. The standard InChI is InChI=1S/C17H20N6O4/c18-10-4-2-1-3-9(10)5-19-15-12-16(21-7-20-15)23(8-22-12)17-14(26)13(25)11(6-24)27-17/h1-4,7-8,11,13-14,17,24-26H,5-6,18H2,(H,19,20,21)/t11-,13-,14+,17-/m1/s1. The van der Waals surface area contributed by atoms with Crippen LogP contribution in [0, 0.1) is 0 Å². The van der Waals surface area contributed by atoms with Gasteiger partial charge in [0.15, 0.2) is 23.2 Å². The summed E-state index contributed by atoms with van der Waals surface area (Å²) < 4.78 is 7.06. The Morgan fingerprint density at radius 3 is 2.70 bits per heavy atom. The second-order valence-corrected chi connectivity index (χ2v) is 6.33. The average molecular weight is 372 g/mol. The van der Waals surface area contributed by atoms with Gasteiger partial charge in [0, 0.05) is 12.2 Å². The summed E-state index contributed by atoms with van der Waals surface area (Å²) in [5, 5.41) is 32.6. The van der Waals surface area contributed by atoms with Crippen LogP contribution in [0.2, 0.25) is 0 Å². The van der Waals surface area contributed by atoms with Crippen LogP contribution < -0.4 is 11.1 Å². The van der Waals surface area contributed by atoms with Crippen molar-refractivity contribution in [1.82, 2.24) is 19.5 Å². The number of ether oxygens (including phenoxy) is 1. The zero-order chi connectivity index (χ0) is 19.0. The van der Waals surface area contributed by atoms with Gasteiger partial charge in [0.1, 0.15) is 24.6 Å². The summed E-state index contributed by atoms with van der Waals surface area (Å²) in [6.45, 7) is 0.0567. The Bertz CT molecular complexity index is 948. The number of hydrogen-bond donors (Lipinski definition) is 5. The lowest BCUT2D eigenvalue weighted by Crippen LogP contribution is -2.33. The van der Waals surface area contributed by atoms with Gasteiger partial charge in [0.05, 0.1) is 12.9 Å². The molecule has 2 aromatic heterocycles. The number of nitrogens with zero attached hydrogens (tertiary/aromatic N) is 4. The van der Waals surface area contributed by atoms with Gasteiger partial charge in [-0.05, 0) is 11.6 Å². The number of nitrogens with one attached hydrogen (secondary N) is 1. The van der Waals surface area contributed by atoms with E-state index in [0.717, 1.165) is 5.56 Å². The molecule has 0 amide bonds. The summed E-state index contributed by atoms with van der Waals surface area (Å²) >= 11 is 0. The molecule has 1 aromatic carbocycles. The van der Waals surface area contributed by atoms with E-state index in [2.05, 4.69) is 20.3 Å². The Morgan fingerprint density at radius 2 is 1.96 bits per heavy atom. The SMILES string of the molecule is Nc1ccccc1CNc1ncnc2c1ncn2[C@@H]1O[C@H](CO)[C@@H](O)[C@@H]1O. The first kappa shape index (κ1) is 17.6. The van der Waals surface area contributed by atoms with Crippen molar-refractivity contribution in [2.75, 3.05) is 17.7 Å². The van der Waals surface area contributed by atoms with Gasteiger partial charge in [0.25, 0.3) is 0 Å². The van der Waals surface area contributed by atoms with Gasteiger partial charge in [-0.25, -0.2) is 15.0 Å². The summed E-state index contributed by atoms with van der Waals surface area (Å²) in [6, 6.07) is 7.51. The molecule has 1 fully saturated rings. The number of nitrogen functional groups attached to an aromatic ring is 1. The number of rotatable bonds is 5. The summed E-state index contributed by atoms with van der Waals surface area (Å²) in [4.78, 5) is 12.8. The van der Waals surface area contributed by atoms with Crippen molar-refractivity contribution in [3.8, 4) is 0 Å². The quantitative estimate of drug-likeness (QED) is 0.378. The lowest BCUT2D eigenvalue weighted by Gasteiger charge is -2.16. The van der Waals surface area contributed by atoms with Crippen LogP contribution in [0.25, 0.3) is 11.2 Å². The Balaban J connectivity index is 1.61. The predicted octanol–water partition coefficient (Wildman–Crippen LogP) is -0.368. The number of aliphatic hydroxyl groups is 3. The minimum atomic E-state index is -1.21. The molecule has 1 aliphatic rings. The molecule has 1 saturated heterocycles. The largest absolute Gasteiger partial charge is 0.398 e. The second kappa shape index (κ2) is 7.08. The van der Waals surface area contributed by atoms with E-state index in [4.69, 9.17) is 10.5 Å². The molecule has 3 aromatic rings. The van der Waals surface area contributed by atoms with E-state index in [1.54, 1.807) is 0 Å². The van der Waals surface area contributed by atoms with Crippen LogP contribution >= 0.6 is 0 Å². The van der Waals surface area contributed by atoms with E-state index >= 15 is 0 Å². The van der Waals surface area contributed by atoms with Gasteiger partial charge >= 0.3 is 0 Å². The lowest BCUT2D eigenvalue weighted by molar-refractivity contribution is -0.0511. The number of fused-ring (bicyclic) bond motifs is 1. The van der Waals surface area contributed by atoms with Crippen molar-refractivity contribution in [2.45, 2.75) is 31.1 Å². The Kier molecular flexibility index (Phi) is 4.62. The maximum absolute atomic E-state index is 10.2. The Labute approximate surface area is 154 Å². The summed E-state index contributed by atoms with van der Waals surface area (Å²) in [5.74, 6) is 0.508. The molecule has 6 N–H and O–H groups in total. The molecule has 10 nitrogen and oxygen atoms in total. The molecule has 3 heterocycles. The van der Waals surface area contributed by atoms with Crippen molar-refractivity contribution in [1.29, 1.82) is 0 Å². The maximum Gasteiger partial charge on any atom is 0.167 e. The number of para-hydroxylation sites is 1. The fourth-order valence-corrected chi connectivity index (χ4v) is 3.15. The third-order valence-electron chi connectivity index (χ3n) is 4.65. The number of hydrogen-bond acceptors (Lipinski definition) is 9. The number of benzene rings is 1. The fourth-order valence-electron chi connectivity index (χ4n) is 3.15. The van der Waals surface area contributed by atoms with Crippen molar-refractivity contribution in [3.63, 3.8) is 0 Å². The van der Waals surface area contributed by atoms with Crippen LogP contribution in [-0.2, 0) is 11.3 Å². The minimum Gasteiger partial charge on any atom is -0.398 e. The lowest BCUT2D eigenvalue weighted by atomic mass is 10.1. The molecule has 0 radical (unpaired) electrons. The van der Waals surface area contributed by atoms with Crippen LogP contribution in [0.4, 0.5) is 11.5 Å². The van der Waals surface area contributed by atoms with E-state index in [9.17, 15) is 15.3 Å². The highest BCUT2D eigenvalue weighted by molar-refractivity contribution is 5.82. The topological polar surface area (TPSA) is 152 Å². The average Bonchev–Trinajstić information content (AvgIpc) is 3.23. The van der Waals surface area contributed by atoms with Crippen molar-refractivity contribution in [3.05, 3.63) is 42.5 Å². The van der Waals surface area contributed by atoms with Gasteiger partial charge in [-0.1, -0.05) is 18.2 Å². The summed E-state index contributed by atoms with van der Waals surface area (Å²) in [7, 11) is 0. The van der Waals surface area contributed by atoms with E-state index < -0.39 is 31.1 Å². The number of anilines is 2. The normalized spacial score (nSPS) is 25.1. The monoisotopic (exact) mass is 372 g/mol. The smallest absolute Gasteiger partial charge is 0.167 e. The first-order valence-corrected chi connectivity index (χ1v) is 8.47. The molecule has 27 heavy (non-hydrogen) atoms. The molecule has 4 atom stereocenters. The van der Waals surface area contributed by atoms with Crippen molar-refractivity contribution >= 4 is 22.7 Å². The summed E-state index contributed by atoms with van der Waals surface area (Å²) in [5.41, 5.74) is 8.48. The minimum absolute atomic E-state index is 0.401.